The van der Waals surface area contributed by atoms with Gasteiger partial charge in [0.15, 0.2) is 30.2 Å². The Bertz CT molecular complexity index is 3490. The zero-order valence-corrected chi connectivity index (χ0v) is 45.0. The average Bonchev–Trinajstić information content (AvgIpc) is 4.25. The fourth-order valence-corrected chi connectivity index (χ4v) is 14.5. The van der Waals surface area contributed by atoms with E-state index in [4.69, 9.17) is 53.2 Å². The van der Waals surface area contributed by atoms with E-state index in [0.717, 1.165) is 36.6 Å². The van der Waals surface area contributed by atoms with Gasteiger partial charge in [0.1, 0.15) is 54.6 Å². The SMILES string of the molecule is COCC[C@H]1[C@@H](O)[C@H]([n+]2cn(C)c3c(=O)[nH]c(N)nc32)O[C@@H]1COP(=O)(O)OP(=O)(O)OP(=O)(O)OP(=O)(O)OC[C@H]1O[C@@H](n2cnc3c(N)ncnc32)[C@H](OC)[C@@H]1OP(=O)(O)OC[C@H]1O[C@@H](n2ccc(=O)[nH]c2=O)[C@H](O)[C@@H]1O. The Morgan fingerprint density at radius 1 is 0.734 bits per heavy atom. The Morgan fingerprint density at radius 3 is 2.00 bits per heavy atom. The van der Waals surface area contributed by atoms with Crippen molar-refractivity contribution in [2.45, 2.75) is 73.9 Å². The highest BCUT2D eigenvalue weighted by atomic mass is 31.3. The number of ether oxygens (including phenoxy) is 5. The first-order valence-electron chi connectivity index (χ1n) is 22.4. The number of anilines is 2. The van der Waals surface area contributed by atoms with Crippen LogP contribution in [0.5, 0.6) is 0 Å². The first-order valence-corrected chi connectivity index (χ1v) is 29.8. The molecule has 14 N–H and O–H groups in total. The van der Waals surface area contributed by atoms with Gasteiger partial charge in [-0.2, -0.15) is 12.9 Å². The third-order valence-corrected chi connectivity index (χ3v) is 18.9. The number of nitrogens with two attached hydrogens (primary N) is 2. The predicted octanol–water partition coefficient (Wildman–Crippen LogP) is -3.47. The van der Waals surface area contributed by atoms with E-state index in [9.17, 15) is 77.0 Å². The molecular weight excluding hydrogens is 1180 g/mol. The second kappa shape index (κ2) is 23.4. The number of methoxy groups -OCH3 is 2. The molecule has 8 rings (SSSR count). The van der Waals surface area contributed by atoms with Crippen molar-refractivity contribution < 1.29 is 122 Å². The number of nitrogens with one attached hydrogen (secondary N) is 2. The maximum atomic E-state index is 13.6. The summed E-state index contributed by atoms with van der Waals surface area (Å²) in [6, 6.07) is 0.909. The number of nitrogen functional groups attached to an aromatic ring is 2. The van der Waals surface area contributed by atoms with Gasteiger partial charge in [0.25, 0.3) is 17.1 Å². The van der Waals surface area contributed by atoms with Gasteiger partial charge in [-0.15, -0.1) is 0 Å². The third kappa shape index (κ3) is 13.6. The molecule has 0 radical (unpaired) electrons. The van der Waals surface area contributed by atoms with E-state index in [2.05, 4.69) is 37.9 Å². The molecule has 0 aliphatic carbocycles. The fourth-order valence-electron chi connectivity index (χ4n) is 8.63. The first kappa shape index (κ1) is 60.6. The molecule has 0 saturated carbocycles. The molecule has 438 valence electrons. The van der Waals surface area contributed by atoms with Gasteiger partial charge in [0.05, 0.1) is 39.3 Å². The lowest BCUT2D eigenvalue weighted by atomic mass is 9.95. The van der Waals surface area contributed by atoms with Gasteiger partial charge in [0, 0.05) is 39.0 Å². The molecule has 3 aliphatic rings. The molecule has 0 amide bonds. The van der Waals surface area contributed by atoms with Crippen molar-refractivity contribution in [2.24, 2.45) is 13.0 Å². The highest BCUT2D eigenvalue weighted by Crippen LogP contribution is 2.71. The van der Waals surface area contributed by atoms with Crippen LogP contribution >= 0.6 is 39.1 Å². The fraction of sp³-hybridized carbons (Fsp3) is 0.588. The first-order chi connectivity index (χ1) is 36.9. The molecule has 0 aromatic carbocycles. The molecule has 5 unspecified atom stereocenters. The molecule has 40 nitrogen and oxygen atoms in total. The summed E-state index contributed by atoms with van der Waals surface area (Å²) in [5.74, 6) is -1.39. The summed E-state index contributed by atoms with van der Waals surface area (Å²) in [7, 11) is -26.4. The number of phosphoric acid groups is 5. The zero-order chi connectivity index (χ0) is 57.7. The minimum atomic E-state index is -6.43. The molecule has 79 heavy (non-hydrogen) atoms. The van der Waals surface area contributed by atoms with Crippen molar-refractivity contribution in [1.82, 2.24) is 43.6 Å². The van der Waals surface area contributed by atoms with Crippen LogP contribution in [0.15, 0.2) is 45.6 Å². The van der Waals surface area contributed by atoms with Crippen LogP contribution < -0.4 is 32.8 Å². The zero-order valence-electron chi connectivity index (χ0n) is 40.6. The van der Waals surface area contributed by atoms with Crippen LogP contribution in [0.3, 0.4) is 0 Å². The van der Waals surface area contributed by atoms with Gasteiger partial charge < -0.3 is 74.9 Å². The number of phosphoric ester groups is 3. The largest absolute Gasteiger partial charge is 0.490 e. The summed E-state index contributed by atoms with van der Waals surface area (Å²) in [4.78, 5) is 109. The van der Waals surface area contributed by atoms with Gasteiger partial charge in [-0.25, -0.2) is 47.1 Å². The molecule has 5 aromatic rings. The Hall–Kier alpha value is -4.47. The second-order valence-electron chi connectivity index (χ2n) is 17.2. The molecule has 5 aromatic heterocycles. The van der Waals surface area contributed by atoms with Crippen LogP contribution in [-0.2, 0) is 84.6 Å². The van der Waals surface area contributed by atoms with E-state index < -0.39 is 149 Å². The van der Waals surface area contributed by atoms with Gasteiger partial charge in [-0.1, -0.05) is 4.98 Å². The summed E-state index contributed by atoms with van der Waals surface area (Å²) in [6.07, 6.45) is -13.8. The van der Waals surface area contributed by atoms with Gasteiger partial charge in [-0.05, 0) is 6.42 Å². The smallest absolute Gasteiger partial charge is 0.387 e. The van der Waals surface area contributed by atoms with Crippen LogP contribution in [0, 0.1) is 5.92 Å². The monoisotopic (exact) mass is 1230 g/mol. The van der Waals surface area contributed by atoms with Crippen molar-refractivity contribution in [3.8, 4) is 0 Å². The maximum Gasteiger partial charge on any atom is 0.490 e. The lowest BCUT2D eigenvalue weighted by Crippen LogP contribution is -2.45. The number of rotatable bonds is 24. The predicted molar refractivity (Wildman–Crippen MR) is 253 cm³/mol. The highest BCUT2D eigenvalue weighted by molar-refractivity contribution is 7.69. The minimum Gasteiger partial charge on any atom is -0.387 e. The lowest BCUT2D eigenvalue weighted by molar-refractivity contribution is -0.745. The number of aliphatic hydroxyl groups is 3. The standard InChI is InChI=1S/C34H49N12O28P5/c1-43-13-46(28-20(43)29(51)42-33(36)41-28)30-21(48)14(5-7-63-2)15(68-30)8-66-76(55,56)72-78(59,60)74-79(61,62)73-77(57,58)67-10-17-24(25(64-3)32(70-17)45-12-39-19-26(35)37-11-38-27(19)45)71-75(53,54)65-9-16-22(49)23(50)31(69-16)44-6-4-18(47)40-34(44)52/h4,6,11-17,21-25,30-32,48-50H,5,7-10H2,1-3H3,(H10-,35,36,37,38,40,41,42,47,51,52,53,54,55,56,57,58,59,60,61,62)/p+1/t14-,15-,16-,17-,21-,22-,23-,24-,25-,30-,31-,32-/m1/s1. The van der Waals surface area contributed by atoms with Crippen molar-refractivity contribution in [3.63, 3.8) is 0 Å². The van der Waals surface area contributed by atoms with Crippen molar-refractivity contribution >= 4 is 73.2 Å². The molecule has 0 spiro atoms. The second-order valence-corrected chi connectivity index (χ2v) is 24.8. The van der Waals surface area contributed by atoms with E-state index in [1.807, 2.05) is 4.98 Å². The molecule has 0 bridgehead atoms. The maximum absolute atomic E-state index is 13.6. The lowest BCUT2D eigenvalue weighted by Gasteiger charge is -2.26. The number of aliphatic hydroxyl groups excluding tert-OH is 3. The Labute approximate surface area is 439 Å². The summed E-state index contributed by atoms with van der Waals surface area (Å²) in [6.45, 7) is -3.40. The molecule has 8 heterocycles. The normalized spacial score (nSPS) is 30.3. The van der Waals surface area contributed by atoms with E-state index in [1.165, 1.54) is 29.6 Å². The van der Waals surface area contributed by atoms with Gasteiger partial charge in [0.2, 0.25) is 11.7 Å². The number of H-pyrrole nitrogens is 2. The Balaban J connectivity index is 0.923. The molecule has 3 fully saturated rings. The van der Waals surface area contributed by atoms with Crippen LogP contribution in [0.1, 0.15) is 25.1 Å². The van der Waals surface area contributed by atoms with Crippen LogP contribution in [0.25, 0.3) is 22.3 Å². The molecule has 45 heteroatoms. The van der Waals surface area contributed by atoms with E-state index in [1.54, 1.807) is 0 Å². The number of aromatic amines is 2. The van der Waals surface area contributed by atoms with Crippen molar-refractivity contribution in [2.75, 3.05) is 52.1 Å². The van der Waals surface area contributed by atoms with E-state index in [-0.39, 0.29) is 47.1 Å². The average molecular weight is 1230 g/mol. The Kier molecular flexibility index (Phi) is 18.0. The van der Waals surface area contributed by atoms with Crippen molar-refractivity contribution in [1.29, 1.82) is 0 Å². The topological polar surface area (TPSA) is 563 Å². The number of fused-ring (bicyclic) bond motifs is 2. The quantitative estimate of drug-likeness (QED) is 0.0211. The number of aryl methyl sites for hydroxylation is 1. The van der Waals surface area contributed by atoms with Crippen LogP contribution in [0.2, 0.25) is 0 Å². The van der Waals surface area contributed by atoms with E-state index in [0.29, 0.717) is 4.57 Å². The number of hydrogen-bond donors (Lipinski definition) is 12. The number of aromatic nitrogens is 10. The number of hydrogen-bond acceptors (Lipinski definition) is 29. The third-order valence-electron chi connectivity index (χ3n) is 12.0. The minimum absolute atomic E-state index is 0.00676. The Morgan fingerprint density at radius 2 is 1.35 bits per heavy atom. The molecule has 3 saturated heterocycles. The molecule has 3 aliphatic heterocycles. The van der Waals surface area contributed by atoms with E-state index >= 15 is 0 Å². The van der Waals surface area contributed by atoms with Gasteiger partial charge in [-0.3, -0.25) is 51.4 Å². The summed E-state index contributed by atoms with van der Waals surface area (Å²) < 4.78 is 130. The summed E-state index contributed by atoms with van der Waals surface area (Å²) in [5, 5.41) is 32.6. The summed E-state index contributed by atoms with van der Waals surface area (Å²) >= 11 is 0. The highest BCUT2D eigenvalue weighted by Gasteiger charge is 2.54. The number of imidazole rings is 2. The number of nitrogens with zero attached hydrogens (tertiary/aromatic N) is 8. The van der Waals surface area contributed by atoms with Crippen LogP contribution in [-0.4, -0.2) is 173 Å². The summed E-state index contributed by atoms with van der Waals surface area (Å²) in [5.41, 5.74) is 9.11. The molecule has 17 atom stereocenters. The molecular formula is C34H50N12O28P5+. The van der Waals surface area contributed by atoms with Crippen LogP contribution in [0.4, 0.5) is 11.8 Å². The van der Waals surface area contributed by atoms with Gasteiger partial charge >= 0.3 is 50.5 Å². The van der Waals surface area contributed by atoms with Crippen molar-refractivity contribution in [3.05, 3.63) is 62.4 Å².